The van der Waals surface area contributed by atoms with Gasteiger partial charge in [-0.15, -0.1) is 0 Å². The number of rotatable bonds is 10. The van der Waals surface area contributed by atoms with E-state index in [-0.39, 0.29) is 17.9 Å². The summed E-state index contributed by atoms with van der Waals surface area (Å²) in [5.41, 5.74) is 0.263. The third-order valence-electron chi connectivity index (χ3n) is 4.92. The Kier molecular flexibility index (Phi) is 7.36. The van der Waals surface area contributed by atoms with Gasteiger partial charge in [-0.2, -0.15) is 0 Å². The maximum absolute atomic E-state index is 13.0. The van der Waals surface area contributed by atoms with Gasteiger partial charge < -0.3 is 28.6 Å². The molecule has 0 spiro atoms. The summed E-state index contributed by atoms with van der Waals surface area (Å²) < 4.78 is 21.8. The fourth-order valence-electron chi connectivity index (χ4n) is 3.61. The van der Waals surface area contributed by atoms with Gasteiger partial charge >= 0.3 is 0 Å². The number of nitrogens with zero attached hydrogens (tertiary/aromatic N) is 1. The summed E-state index contributed by atoms with van der Waals surface area (Å²) in [4.78, 5) is 27.2. The zero-order valence-electron chi connectivity index (χ0n) is 17.9. The van der Waals surface area contributed by atoms with Crippen molar-refractivity contribution in [2.24, 2.45) is 0 Å². The highest BCUT2D eigenvalue weighted by Gasteiger charge is 2.47. The van der Waals surface area contributed by atoms with E-state index in [1.165, 1.54) is 11.2 Å². The van der Waals surface area contributed by atoms with Crippen molar-refractivity contribution in [3.05, 3.63) is 53.5 Å². The molecule has 1 N–H and O–H groups in total. The van der Waals surface area contributed by atoms with Crippen molar-refractivity contribution in [1.82, 2.24) is 4.90 Å². The van der Waals surface area contributed by atoms with Gasteiger partial charge in [-0.1, -0.05) is 0 Å². The van der Waals surface area contributed by atoms with Crippen LogP contribution in [0.4, 0.5) is 0 Å². The average Bonchev–Trinajstić information content (AvgIpc) is 3.37. The molecule has 1 saturated heterocycles. The topological polar surface area (TPSA) is 98.4 Å². The van der Waals surface area contributed by atoms with Gasteiger partial charge in [0.1, 0.15) is 29.1 Å². The van der Waals surface area contributed by atoms with Gasteiger partial charge in [0.25, 0.3) is 11.7 Å². The van der Waals surface area contributed by atoms with Gasteiger partial charge in [0.05, 0.1) is 30.6 Å². The highest BCUT2D eigenvalue weighted by molar-refractivity contribution is 6.46. The molecular formula is C23H27NO7. The van der Waals surface area contributed by atoms with Gasteiger partial charge in [-0.3, -0.25) is 9.59 Å². The van der Waals surface area contributed by atoms with E-state index in [0.29, 0.717) is 49.1 Å². The number of ether oxygens (including phenoxy) is 3. The quantitative estimate of drug-likeness (QED) is 0.267. The maximum Gasteiger partial charge on any atom is 0.295 e. The average molecular weight is 429 g/mol. The highest BCUT2D eigenvalue weighted by Crippen LogP contribution is 2.41. The number of hydrogen-bond acceptors (Lipinski definition) is 7. The van der Waals surface area contributed by atoms with Crippen LogP contribution in [-0.4, -0.2) is 55.2 Å². The molecule has 0 bridgehead atoms. The van der Waals surface area contributed by atoms with Crippen LogP contribution in [0.5, 0.6) is 11.5 Å². The SMILES string of the molecule is CCOc1ccc(/C(O)=C2/C(=O)C(=O)N(CCCOC)C2c2ccco2)c(OCC)c1. The number of carbonyl (C=O) groups excluding carboxylic acids is 2. The minimum absolute atomic E-state index is 0.0394. The Morgan fingerprint density at radius 3 is 2.58 bits per heavy atom. The number of methoxy groups -OCH3 is 1. The lowest BCUT2D eigenvalue weighted by molar-refractivity contribution is -0.140. The first-order valence-electron chi connectivity index (χ1n) is 10.2. The molecule has 8 nitrogen and oxygen atoms in total. The zero-order valence-corrected chi connectivity index (χ0v) is 17.9. The second-order valence-corrected chi connectivity index (χ2v) is 6.88. The Morgan fingerprint density at radius 2 is 1.94 bits per heavy atom. The van der Waals surface area contributed by atoms with Crippen LogP contribution in [0.3, 0.4) is 0 Å². The van der Waals surface area contributed by atoms with Gasteiger partial charge in [0, 0.05) is 26.3 Å². The van der Waals surface area contributed by atoms with Crippen molar-refractivity contribution in [3.8, 4) is 11.5 Å². The van der Waals surface area contributed by atoms with Crippen molar-refractivity contribution in [2.45, 2.75) is 26.3 Å². The Bertz CT molecular complexity index is 949. The van der Waals surface area contributed by atoms with E-state index in [4.69, 9.17) is 18.6 Å². The lowest BCUT2D eigenvalue weighted by Gasteiger charge is -2.23. The molecule has 1 aliphatic heterocycles. The number of hydrogen-bond donors (Lipinski definition) is 1. The zero-order chi connectivity index (χ0) is 22.4. The normalized spacial score (nSPS) is 17.9. The molecule has 8 heteroatoms. The van der Waals surface area contributed by atoms with Gasteiger partial charge in [0.15, 0.2) is 0 Å². The molecule has 1 aromatic heterocycles. The van der Waals surface area contributed by atoms with Crippen molar-refractivity contribution in [3.63, 3.8) is 0 Å². The number of benzene rings is 1. The monoisotopic (exact) mass is 429 g/mol. The lowest BCUT2D eigenvalue weighted by atomic mass is 9.98. The number of ketones is 1. The van der Waals surface area contributed by atoms with Crippen LogP contribution in [0.15, 0.2) is 46.6 Å². The number of aliphatic hydroxyl groups excluding tert-OH is 1. The molecule has 0 saturated carbocycles. The molecule has 2 aromatic rings. The van der Waals surface area contributed by atoms with Crippen LogP contribution in [-0.2, 0) is 14.3 Å². The highest BCUT2D eigenvalue weighted by atomic mass is 16.5. The van der Waals surface area contributed by atoms with Gasteiger partial charge in [-0.05, 0) is 44.5 Å². The maximum atomic E-state index is 13.0. The summed E-state index contributed by atoms with van der Waals surface area (Å²) in [6.45, 7) is 5.21. The molecule has 166 valence electrons. The Morgan fingerprint density at radius 1 is 1.16 bits per heavy atom. The summed E-state index contributed by atoms with van der Waals surface area (Å²) in [6.07, 6.45) is 2.00. The molecular weight excluding hydrogens is 402 g/mol. The molecule has 1 aliphatic rings. The summed E-state index contributed by atoms with van der Waals surface area (Å²) in [5.74, 6) is -0.460. The molecule has 1 fully saturated rings. The molecule has 3 rings (SSSR count). The lowest BCUT2D eigenvalue weighted by Crippen LogP contribution is -2.31. The molecule has 1 amide bonds. The molecule has 1 unspecified atom stereocenters. The number of likely N-dealkylation sites (tertiary alicyclic amines) is 1. The molecule has 0 aliphatic carbocycles. The number of Topliss-reactive ketones (excluding diaryl/α,β-unsaturated/α-hetero) is 1. The predicted octanol–water partition coefficient (Wildman–Crippen LogP) is 3.54. The van der Waals surface area contributed by atoms with Crippen molar-refractivity contribution in [1.29, 1.82) is 0 Å². The van der Waals surface area contributed by atoms with E-state index < -0.39 is 17.7 Å². The standard InChI is InChI=1S/C23H27NO7/c1-4-29-15-9-10-16(18(14-15)30-5-2)21(25)19-20(17-8-6-13-31-17)24(11-7-12-28-3)23(27)22(19)26/h6,8-10,13-14,20,25H,4-5,7,11-12H2,1-3H3/b21-19-. The Balaban J connectivity index is 2.11. The third kappa shape index (κ3) is 4.59. The van der Waals surface area contributed by atoms with Crippen LogP contribution >= 0.6 is 0 Å². The fraction of sp³-hybridized carbons (Fsp3) is 0.391. The van der Waals surface area contributed by atoms with E-state index in [2.05, 4.69) is 0 Å². The smallest absolute Gasteiger partial charge is 0.295 e. The largest absolute Gasteiger partial charge is 0.507 e. The van der Waals surface area contributed by atoms with Gasteiger partial charge in [0.2, 0.25) is 0 Å². The summed E-state index contributed by atoms with van der Waals surface area (Å²) >= 11 is 0. The molecule has 1 aromatic carbocycles. The summed E-state index contributed by atoms with van der Waals surface area (Å²) in [5, 5.41) is 11.2. The van der Waals surface area contributed by atoms with E-state index >= 15 is 0 Å². The number of carbonyl (C=O) groups is 2. The number of amides is 1. The van der Waals surface area contributed by atoms with Crippen molar-refractivity contribution >= 4 is 17.4 Å². The first-order chi connectivity index (χ1) is 15.0. The summed E-state index contributed by atoms with van der Waals surface area (Å²) in [6, 6.07) is 7.45. The van der Waals surface area contributed by atoms with E-state index in [1.807, 2.05) is 13.8 Å². The van der Waals surface area contributed by atoms with Crippen LogP contribution in [0, 0.1) is 0 Å². The Hall–Kier alpha value is -3.26. The fourth-order valence-corrected chi connectivity index (χ4v) is 3.61. The second-order valence-electron chi connectivity index (χ2n) is 6.88. The van der Waals surface area contributed by atoms with E-state index in [0.717, 1.165) is 0 Å². The van der Waals surface area contributed by atoms with Crippen LogP contribution in [0.1, 0.15) is 37.6 Å². The number of furan rings is 1. The molecule has 31 heavy (non-hydrogen) atoms. The Labute approximate surface area is 181 Å². The minimum atomic E-state index is -0.840. The first kappa shape index (κ1) is 22.4. The number of aliphatic hydroxyl groups is 1. The molecule has 1 atom stereocenters. The predicted molar refractivity (Wildman–Crippen MR) is 113 cm³/mol. The minimum Gasteiger partial charge on any atom is -0.507 e. The van der Waals surface area contributed by atoms with Crippen LogP contribution in [0.2, 0.25) is 0 Å². The van der Waals surface area contributed by atoms with E-state index in [1.54, 1.807) is 37.4 Å². The first-order valence-corrected chi connectivity index (χ1v) is 10.2. The molecule has 0 radical (unpaired) electrons. The third-order valence-corrected chi connectivity index (χ3v) is 4.92. The van der Waals surface area contributed by atoms with Crippen LogP contribution < -0.4 is 9.47 Å². The van der Waals surface area contributed by atoms with E-state index in [9.17, 15) is 14.7 Å². The van der Waals surface area contributed by atoms with Crippen LogP contribution in [0.25, 0.3) is 5.76 Å². The molecule has 2 heterocycles. The van der Waals surface area contributed by atoms with Crippen molar-refractivity contribution in [2.75, 3.05) is 33.5 Å². The van der Waals surface area contributed by atoms with Crippen molar-refractivity contribution < 1.29 is 33.3 Å². The van der Waals surface area contributed by atoms with Gasteiger partial charge in [-0.25, -0.2) is 0 Å². The second kappa shape index (κ2) is 10.2. The summed E-state index contributed by atoms with van der Waals surface area (Å²) in [7, 11) is 1.57.